The number of likely N-dealkylation sites (N-methyl/N-ethyl adjacent to an activating group) is 1. The Bertz CT molecular complexity index is 1160. The third kappa shape index (κ3) is 5.51. The maximum atomic E-state index is 13.4. The van der Waals surface area contributed by atoms with Crippen molar-refractivity contribution in [3.63, 3.8) is 0 Å². The van der Waals surface area contributed by atoms with E-state index in [4.69, 9.17) is 0 Å². The molecule has 1 aliphatic carbocycles. The molecule has 0 spiro atoms. The van der Waals surface area contributed by atoms with Gasteiger partial charge in [0.2, 0.25) is 5.91 Å². The molecule has 3 aliphatic rings. The molecule has 9 heteroatoms. The van der Waals surface area contributed by atoms with E-state index in [-0.39, 0.29) is 29.0 Å². The van der Waals surface area contributed by atoms with Crippen LogP contribution in [0.3, 0.4) is 0 Å². The number of thioether (sulfide) groups is 1. The third-order valence-corrected chi connectivity index (χ3v) is 9.06. The van der Waals surface area contributed by atoms with Crippen molar-refractivity contribution in [2.45, 2.75) is 36.7 Å². The number of anilines is 1. The zero-order chi connectivity index (χ0) is 26.2. The van der Waals surface area contributed by atoms with Crippen LogP contribution in [0.25, 0.3) is 6.08 Å². The summed E-state index contributed by atoms with van der Waals surface area (Å²) in [5, 5.41) is 0.169. The fourth-order valence-electron chi connectivity index (χ4n) is 5.52. The van der Waals surface area contributed by atoms with Gasteiger partial charge in [-0.15, -0.1) is 11.8 Å². The minimum Gasteiger partial charge on any atom is -0.368 e. The molecule has 37 heavy (non-hydrogen) atoms. The number of para-hydroxylation sites is 1. The van der Waals surface area contributed by atoms with Crippen LogP contribution in [-0.4, -0.2) is 66.1 Å². The molecule has 0 bridgehead atoms. The quantitative estimate of drug-likeness (QED) is 0.517. The van der Waals surface area contributed by atoms with Crippen LogP contribution in [0, 0.1) is 5.92 Å². The fourth-order valence-corrected chi connectivity index (χ4v) is 7.00. The van der Waals surface area contributed by atoms with Crippen LogP contribution in [0.2, 0.25) is 0 Å². The fraction of sp³-hybridized carbons (Fsp3) is 0.429. The Balaban J connectivity index is 1.20. The molecule has 2 saturated heterocycles. The summed E-state index contributed by atoms with van der Waals surface area (Å²) in [5.41, 5.74) is 1.03. The van der Waals surface area contributed by atoms with Crippen molar-refractivity contribution in [1.82, 2.24) is 9.80 Å². The van der Waals surface area contributed by atoms with Gasteiger partial charge in [0.05, 0.1) is 10.5 Å². The number of benzene rings is 2. The lowest BCUT2D eigenvalue weighted by Gasteiger charge is -2.45. The summed E-state index contributed by atoms with van der Waals surface area (Å²) in [6.07, 6.45) is -0.478. The van der Waals surface area contributed by atoms with Gasteiger partial charge in [0, 0.05) is 56.1 Å². The number of alkyl halides is 3. The zero-order valence-corrected chi connectivity index (χ0v) is 21.5. The molecule has 5 nitrogen and oxygen atoms in total. The van der Waals surface area contributed by atoms with Crippen molar-refractivity contribution < 1.29 is 22.8 Å². The summed E-state index contributed by atoms with van der Waals surface area (Å²) < 4.78 is 38.6. The number of carbonyl (C=O) groups excluding carboxylic acids is 2. The van der Waals surface area contributed by atoms with E-state index in [9.17, 15) is 22.8 Å². The first kappa shape index (κ1) is 25.7. The average Bonchev–Trinajstić information content (AvgIpc) is 2.91. The van der Waals surface area contributed by atoms with Gasteiger partial charge in [-0.05, 0) is 55.2 Å². The topological polar surface area (TPSA) is 43.9 Å². The summed E-state index contributed by atoms with van der Waals surface area (Å²) in [7, 11) is 1.77. The molecule has 2 aliphatic heterocycles. The lowest BCUT2D eigenvalue weighted by molar-refractivity contribution is -0.139. The van der Waals surface area contributed by atoms with Crippen molar-refractivity contribution in [1.29, 1.82) is 0 Å². The molecule has 2 amide bonds. The van der Waals surface area contributed by atoms with Crippen LogP contribution in [0.5, 0.6) is 0 Å². The lowest BCUT2D eigenvalue weighted by Crippen LogP contribution is -2.55. The van der Waals surface area contributed by atoms with Crippen molar-refractivity contribution in [2.24, 2.45) is 5.92 Å². The average molecular weight is 530 g/mol. The largest absolute Gasteiger partial charge is 0.416 e. The van der Waals surface area contributed by atoms with E-state index in [1.165, 1.54) is 29.6 Å². The molecule has 2 heterocycles. The normalized spacial score (nSPS) is 25.8. The predicted molar refractivity (Wildman–Crippen MR) is 140 cm³/mol. The highest BCUT2D eigenvalue weighted by atomic mass is 32.2. The van der Waals surface area contributed by atoms with Gasteiger partial charge < -0.3 is 14.7 Å². The van der Waals surface area contributed by atoms with E-state index >= 15 is 0 Å². The van der Waals surface area contributed by atoms with Gasteiger partial charge in [-0.2, -0.15) is 13.2 Å². The monoisotopic (exact) mass is 529 g/mol. The maximum Gasteiger partial charge on any atom is 0.416 e. The zero-order valence-electron chi connectivity index (χ0n) is 20.7. The lowest BCUT2D eigenvalue weighted by atomic mass is 9.83. The summed E-state index contributed by atoms with van der Waals surface area (Å²) in [6, 6.07) is 15.0. The number of carbonyl (C=O) groups is 2. The van der Waals surface area contributed by atoms with Crippen LogP contribution in [-0.2, 0) is 15.8 Å². The Morgan fingerprint density at radius 3 is 2.30 bits per heavy atom. The molecule has 2 aromatic carbocycles. The molecule has 3 fully saturated rings. The van der Waals surface area contributed by atoms with Crippen molar-refractivity contribution >= 4 is 35.3 Å². The highest BCUT2D eigenvalue weighted by Gasteiger charge is 2.43. The summed E-state index contributed by atoms with van der Waals surface area (Å²) >= 11 is 1.50. The molecule has 3 atom stereocenters. The van der Waals surface area contributed by atoms with Gasteiger partial charge in [-0.25, -0.2) is 0 Å². The van der Waals surface area contributed by atoms with Crippen LogP contribution in [0.1, 0.15) is 30.4 Å². The number of hydrogen-bond donors (Lipinski definition) is 0. The molecule has 0 aromatic heterocycles. The molecular weight excluding hydrogens is 499 g/mol. The molecule has 5 rings (SSSR count). The SMILES string of the molecule is CN1C(=O)/C(=C/c2ccc(C(F)(F)F)cc2)SC2CCC(C(=O)N3CCN(c4ccccc4)CC3)CC21. The van der Waals surface area contributed by atoms with Crippen molar-refractivity contribution in [3.05, 3.63) is 70.6 Å². The van der Waals surface area contributed by atoms with Gasteiger partial charge in [0.15, 0.2) is 0 Å². The summed E-state index contributed by atoms with van der Waals surface area (Å²) in [6.45, 7) is 3.01. The minimum atomic E-state index is -4.39. The van der Waals surface area contributed by atoms with Gasteiger partial charge >= 0.3 is 6.18 Å². The Hall–Kier alpha value is -2.94. The summed E-state index contributed by atoms with van der Waals surface area (Å²) in [4.78, 5) is 33.0. The van der Waals surface area contributed by atoms with Crippen LogP contribution < -0.4 is 4.90 Å². The second-order valence-corrected chi connectivity index (χ2v) is 11.2. The smallest absolute Gasteiger partial charge is 0.368 e. The van der Waals surface area contributed by atoms with E-state index < -0.39 is 11.7 Å². The second kappa shape index (κ2) is 10.4. The highest BCUT2D eigenvalue weighted by molar-refractivity contribution is 8.04. The number of amides is 2. The van der Waals surface area contributed by atoms with Gasteiger partial charge in [0.25, 0.3) is 5.91 Å². The first-order valence-corrected chi connectivity index (χ1v) is 13.5. The molecule has 196 valence electrons. The number of piperazine rings is 1. The molecular formula is C28H30F3N3O2S. The molecule has 0 N–H and O–H groups in total. The van der Waals surface area contributed by atoms with Crippen LogP contribution in [0.4, 0.5) is 18.9 Å². The van der Waals surface area contributed by atoms with E-state index in [0.717, 1.165) is 38.1 Å². The Morgan fingerprint density at radius 2 is 1.65 bits per heavy atom. The first-order chi connectivity index (χ1) is 17.7. The van der Waals surface area contributed by atoms with E-state index in [1.54, 1.807) is 18.0 Å². The molecule has 2 aromatic rings. The van der Waals surface area contributed by atoms with Crippen molar-refractivity contribution in [2.75, 3.05) is 38.1 Å². The van der Waals surface area contributed by atoms with Gasteiger partial charge in [0.1, 0.15) is 0 Å². The second-order valence-electron chi connectivity index (χ2n) is 9.93. The number of hydrogen-bond acceptors (Lipinski definition) is 4. The van der Waals surface area contributed by atoms with Crippen LogP contribution in [0.15, 0.2) is 59.5 Å². The van der Waals surface area contributed by atoms with E-state index in [2.05, 4.69) is 17.0 Å². The Kier molecular flexibility index (Phi) is 7.25. The maximum absolute atomic E-state index is 13.4. The third-order valence-electron chi connectivity index (χ3n) is 7.66. The van der Waals surface area contributed by atoms with E-state index in [0.29, 0.717) is 30.0 Å². The van der Waals surface area contributed by atoms with Gasteiger partial charge in [-0.3, -0.25) is 9.59 Å². The first-order valence-electron chi connectivity index (χ1n) is 12.6. The highest BCUT2D eigenvalue weighted by Crippen LogP contribution is 2.43. The molecule has 0 radical (unpaired) electrons. The Labute approximate surface area is 219 Å². The minimum absolute atomic E-state index is 0.0319. The number of halogens is 3. The van der Waals surface area contributed by atoms with E-state index in [1.807, 2.05) is 23.1 Å². The summed E-state index contributed by atoms with van der Waals surface area (Å²) in [5.74, 6) is -0.0559. The number of fused-ring (bicyclic) bond motifs is 1. The predicted octanol–water partition coefficient (Wildman–Crippen LogP) is 5.14. The number of rotatable bonds is 3. The van der Waals surface area contributed by atoms with Crippen molar-refractivity contribution in [3.8, 4) is 0 Å². The number of nitrogens with zero attached hydrogens (tertiary/aromatic N) is 3. The van der Waals surface area contributed by atoms with Crippen LogP contribution >= 0.6 is 11.8 Å². The van der Waals surface area contributed by atoms with Gasteiger partial charge in [-0.1, -0.05) is 30.3 Å². The Morgan fingerprint density at radius 1 is 0.973 bits per heavy atom. The molecule has 3 unspecified atom stereocenters. The molecule has 1 saturated carbocycles. The standard InChI is InChI=1S/C28H30F3N3O2S/c1-32-23-18-20(26(35)34-15-13-33(14-16-34)22-5-3-2-4-6-22)9-12-24(23)37-25(27(32)36)17-19-7-10-21(11-8-19)28(29,30)31/h2-8,10-11,17,20,23-24H,9,12-16,18H2,1H3/b25-17-.